The number of likely N-dealkylation sites (tertiary alicyclic amines) is 1. The van der Waals surface area contributed by atoms with E-state index in [4.69, 9.17) is 5.73 Å². The number of halogens is 1. The highest BCUT2D eigenvalue weighted by Gasteiger charge is 2.35. The molecule has 2 aromatic rings. The van der Waals surface area contributed by atoms with E-state index in [1.165, 1.54) is 23.5 Å². The Kier molecular flexibility index (Phi) is 7.04. The van der Waals surface area contributed by atoms with Gasteiger partial charge in [-0.2, -0.15) is 0 Å². The lowest BCUT2D eigenvalue weighted by Crippen LogP contribution is -2.34. The maximum absolute atomic E-state index is 12.6. The first kappa shape index (κ1) is 21.8. The molecule has 9 heteroatoms. The predicted molar refractivity (Wildman–Crippen MR) is 110 cm³/mol. The van der Waals surface area contributed by atoms with Crippen LogP contribution in [0.5, 0.6) is 0 Å². The number of nitrogens with one attached hydrogen (secondary N) is 1. The summed E-state index contributed by atoms with van der Waals surface area (Å²) in [6, 6.07) is 9.84. The lowest BCUT2D eigenvalue weighted by Gasteiger charge is -2.22. The molecule has 27 heavy (non-hydrogen) atoms. The third-order valence-electron chi connectivity index (χ3n) is 4.77. The van der Waals surface area contributed by atoms with E-state index in [1.54, 1.807) is 17.0 Å². The van der Waals surface area contributed by atoms with Gasteiger partial charge in [0.15, 0.2) is 0 Å². The van der Waals surface area contributed by atoms with Crippen LogP contribution in [0.1, 0.15) is 28.6 Å². The summed E-state index contributed by atoms with van der Waals surface area (Å²) in [4.78, 5) is 15.5. The third-order valence-corrected chi connectivity index (χ3v) is 7.06. The maximum Gasteiger partial charge on any atom is 0.253 e. The smallest absolute Gasteiger partial charge is 0.253 e. The number of carbonyl (C=O) groups is 1. The first-order chi connectivity index (χ1) is 12.3. The summed E-state index contributed by atoms with van der Waals surface area (Å²) in [5.41, 5.74) is 6.24. The molecule has 3 N–H and O–H groups in total. The number of rotatable bonds is 6. The fourth-order valence-corrected chi connectivity index (χ4v) is 4.73. The Hall–Kier alpha value is -1.45. The van der Waals surface area contributed by atoms with Crippen LogP contribution in [-0.2, 0) is 16.6 Å². The number of benzene rings is 1. The molecular formula is C18H24ClN3O3S2. The second-order valence-corrected chi connectivity index (χ2v) is 9.72. The average Bonchev–Trinajstić information content (AvgIpc) is 3.30. The number of sulfonamides is 1. The molecule has 1 aromatic carbocycles. The highest BCUT2D eigenvalue weighted by Crippen LogP contribution is 2.29. The zero-order valence-corrected chi connectivity index (χ0v) is 17.5. The van der Waals surface area contributed by atoms with Gasteiger partial charge in [-0.05, 0) is 54.1 Å². The molecule has 0 spiro atoms. The molecule has 1 aliphatic heterocycles. The fraction of sp³-hybridized carbons (Fsp3) is 0.389. The van der Waals surface area contributed by atoms with Crippen molar-refractivity contribution in [2.75, 3.05) is 19.6 Å². The van der Waals surface area contributed by atoms with Crippen LogP contribution in [0.2, 0.25) is 0 Å². The molecule has 0 saturated carbocycles. The summed E-state index contributed by atoms with van der Waals surface area (Å²) < 4.78 is 27.3. The van der Waals surface area contributed by atoms with Crippen LogP contribution >= 0.6 is 23.7 Å². The lowest BCUT2D eigenvalue weighted by molar-refractivity contribution is 0.0777. The average molecular weight is 430 g/mol. The van der Waals surface area contributed by atoms with Gasteiger partial charge in [-0.25, -0.2) is 13.1 Å². The number of nitrogens with zero attached hydrogens (tertiary/aromatic N) is 1. The van der Waals surface area contributed by atoms with Gasteiger partial charge in [0.1, 0.15) is 0 Å². The van der Waals surface area contributed by atoms with Crippen LogP contribution in [0, 0.1) is 5.41 Å². The van der Waals surface area contributed by atoms with Gasteiger partial charge in [0.05, 0.1) is 4.90 Å². The Morgan fingerprint density at radius 3 is 2.56 bits per heavy atom. The molecule has 1 saturated heterocycles. The second-order valence-electron chi connectivity index (χ2n) is 6.92. The van der Waals surface area contributed by atoms with Crippen molar-refractivity contribution in [2.24, 2.45) is 11.1 Å². The standard InChI is InChI=1S/C18H23N3O3S2.ClH/c1-18(12-19)8-9-21(13-18)17(22)14-4-6-16(7-5-14)26(23,24)20-11-15-3-2-10-25-15;/h2-7,10,20H,8-9,11-13,19H2,1H3;1H. The van der Waals surface area contributed by atoms with Gasteiger partial charge in [-0.3, -0.25) is 4.79 Å². The number of amides is 1. The maximum atomic E-state index is 12.6. The van der Waals surface area contributed by atoms with Gasteiger partial charge in [0.2, 0.25) is 10.0 Å². The number of nitrogens with two attached hydrogens (primary N) is 1. The Morgan fingerprint density at radius 2 is 2.00 bits per heavy atom. The molecule has 1 atom stereocenters. The molecule has 0 radical (unpaired) electrons. The van der Waals surface area contributed by atoms with E-state index in [9.17, 15) is 13.2 Å². The quantitative estimate of drug-likeness (QED) is 0.737. The van der Waals surface area contributed by atoms with E-state index >= 15 is 0 Å². The highest BCUT2D eigenvalue weighted by molar-refractivity contribution is 7.89. The third kappa shape index (κ3) is 5.08. The fourth-order valence-electron chi connectivity index (χ4n) is 2.99. The Bertz CT molecular complexity index is 870. The molecule has 1 fully saturated rings. The molecule has 0 bridgehead atoms. The Labute approximate surface area is 170 Å². The van der Waals surface area contributed by atoms with Gasteiger partial charge < -0.3 is 10.6 Å². The zero-order valence-electron chi connectivity index (χ0n) is 15.1. The summed E-state index contributed by atoms with van der Waals surface area (Å²) in [7, 11) is -3.61. The van der Waals surface area contributed by atoms with Crippen LogP contribution in [0.25, 0.3) is 0 Å². The number of hydrogen-bond donors (Lipinski definition) is 2. The van der Waals surface area contributed by atoms with E-state index in [0.717, 1.165) is 11.3 Å². The Morgan fingerprint density at radius 1 is 1.30 bits per heavy atom. The summed E-state index contributed by atoms with van der Waals surface area (Å²) in [6.45, 7) is 4.19. The van der Waals surface area contributed by atoms with Gasteiger partial charge in [-0.15, -0.1) is 23.7 Å². The summed E-state index contributed by atoms with van der Waals surface area (Å²) in [5.74, 6) is -0.0855. The van der Waals surface area contributed by atoms with Gasteiger partial charge in [-0.1, -0.05) is 13.0 Å². The SMILES string of the molecule is CC1(CN)CCN(C(=O)c2ccc(S(=O)(=O)NCc3cccs3)cc2)C1.Cl. The molecule has 1 aliphatic rings. The van der Waals surface area contributed by atoms with Crippen molar-refractivity contribution in [3.63, 3.8) is 0 Å². The lowest BCUT2D eigenvalue weighted by atomic mass is 9.90. The molecule has 1 unspecified atom stereocenters. The molecular weight excluding hydrogens is 406 g/mol. The molecule has 1 aromatic heterocycles. The molecule has 0 aliphatic carbocycles. The Balaban J connectivity index is 0.00000261. The number of hydrogen-bond acceptors (Lipinski definition) is 5. The minimum Gasteiger partial charge on any atom is -0.338 e. The van der Waals surface area contributed by atoms with Crippen molar-refractivity contribution in [2.45, 2.75) is 24.8 Å². The van der Waals surface area contributed by atoms with Crippen molar-refractivity contribution >= 4 is 39.7 Å². The molecule has 148 valence electrons. The summed E-state index contributed by atoms with van der Waals surface area (Å²) in [5, 5.41) is 1.90. The van der Waals surface area contributed by atoms with Crippen molar-refractivity contribution in [1.29, 1.82) is 0 Å². The zero-order chi connectivity index (χ0) is 18.8. The van der Waals surface area contributed by atoms with Gasteiger partial charge >= 0.3 is 0 Å². The van der Waals surface area contributed by atoms with Crippen LogP contribution in [0.4, 0.5) is 0 Å². The number of carbonyl (C=O) groups excluding carboxylic acids is 1. The van der Waals surface area contributed by atoms with E-state index in [1.807, 2.05) is 17.5 Å². The molecule has 6 nitrogen and oxygen atoms in total. The first-order valence-electron chi connectivity index (χ1n) is 8.44. The second kappa shape index (κ2) is 8.70. The minimum absolute atomic E-state index is 0. The first-order valence-corrected chi connectivity index (χ1v) is 10.8. The van der Waals surface area contributed by atoms with E-state index < -0.39 is 10.0 Å². The van der Waals surface area contributed by atoms with E-state index in [-0.39, 0.29) is 35.2 Å². The van der Waals surface area contributed by atoms with Gasteiger partial charge in [0, 0.05) is 30.1 Å². The van der Waals surface area contributed by atoms with Crippen molar-refractivity contribution in [3.05, 3.63) is 52.2 Å². The normalized spacial score (nSPS) is 19.7. The van der Waals surface area contributed by atoms with E-state index in [0.29, 0.717) is 25.2 Å². The molecule has 3 rings (SSSR count). The highest BCUT2D eigenvalue weighted by atomic mass is 35.5. The molecule has 1 amide bonds. The largest absolute Gasteiger partial charge is 0.338 e. The van der Waals surface area contributed by atoms with E-state index in [2.05, 4.69) is 11.6 Å². The summed E-state index contributed by atoms with van der Waals surface area (Å²) >= 11 is 1.49. The monoisotopic (exact) mass is 429 g/mol. The van der Waals surface area contributed by atoms with Crippen molar-refractivity contribution in [1.82, 2.24) is 9.62 Å². The van der Waals surface area contributed by atoms with Crippen molar-refractivity contribution in [3.8, 4) is 0 Å². The number of thiophene rings is 1. The van der Waals surface area contributed by atoms with Crippen LogP contribution < -0.4 is 10.5 Å². The van der Waals surface area contributed by atoms with Crippen LogP contribution in [-0.4, -0.2) is 38.9 Å². The van der Waals surface area contributed by atoms with Crippen molar-refractivity contribution < 1.29 is 13.2 Å². The molecule has 2 heterocycles. The predicted octanol–water partition coefficient (Wildman–Crippen LogP) is 2.46. The topological polar surface area (TPSA) is 92.5 Å². The van der Waals surface area contributed by atoms with Gasteiger partial charge in [0.25, 0.3) is 5.91 Å². The van der Waals surface area contributed by atoms with Crippen LogP contribution in [0.15, 0.2) is 46.7 Å². The minimum atomic E-state index is -3.61. The van der Waals surface area contributed by atoms with Crippen LogP contribution in [0.3, 0.4) is 0 Å². The summed E-state index contributed by atoms with van der Waals surface area (Å²) in [6.07, 6.45) is 0.883.